The van der Waals surface area contributed by atoms with Crippen molar-refractivity contribution in [2.45, 2.75) is 38.8 Å². The summed E-state index contributed by atoms with van der Waals surface area (Å²) in [6, 6.07) is 8.20. The first-order valence-electron chi connectivity index (χ1n) is 10.2. The maximum atomic E-state index is 13.8. The van der Waals surface area contributed by atoms with E-state index in [1.165, 1.54) is 0 Å². The minimum atomic E-state index is -1.19. The summed E-state index contributed by atoms with van der Waals surface area (Å²) in [6.07, 6.45) is 7.45. The number of nitrogens with one attached hydrogen (secondary N) is 1. The van der Waals surface area contributed by atoms with Gasteiger partial charge >= 0.3 is 0 Å². The normalized spacial score (nSPS) is 16.4. The van der Waals surface area contributed by atoms with Gasteiger partial charge in [-0.2, -0.15) is 5.10 Å². The van der Waals surface area contributed by atoms with Gasteiger partial charge in [0.05, 0.1) is 6.20 Å². The first-order valence-corrected chi connectivity index (χ1v) is 10.2. The van der Waals surface area contributed by atoms with Gasteiger partial charge in [-0.15, -0.1) is 0 Å². The average Bonchev–Trinajstić information content (AvgIpc) is 3.21. The van der Waals surface area contributed by atoms with E-state index in [2.05, 4.69) is 26.1 Å². The molecular formula is C23H27FN4O. The highest BCUT2D eigenvalue weighted by Crippen LogP contribution is 2.25. The lowest BCUT2D eigenvalue weighted by Crippen LogP contribution is -2.42. The van der Waals surface area contributed by atoms with Crippen molar-refractivity contribution in [2.75, 3.05) is 19.6 Å². The number of pyridine rings is 1. The predicted octanol–water partition coefficient (Wildman–Crippen LogP) is 4.20. The molecule has 0 spiro atoms. The van der Waals surface area contributed by atoms with Crippen molar-refractivity contribution >= 4 is 16.6 Å². The van der Waals surface area contributed by atoms with Crippen LogP contribution in [0.25, 0.3) is 21.9 Å². The van der Waals surface area contributed by atoms with Gasteiger partial charge in [-0.25, -0.2) is 4.39 Å². The molecule has 3 heterocycles. The average molecular weight is 394 g/mol. The maximum Gasteiger partial charge on any atom is 0.142 e. The molecule has 29 heavy (non-hydrogen) atoms. The molecule has 0 unspecified atom stereocenters. The summed E-state index contributed by atoms with van der Waals surface area (Å²) in [4.78, 5) is 19.4. The summed E-state index contributed by atoms with van der Waals surface area (Å²) in [5.41, 5.74) is 1.72. The molecule has 0 aliphatic carbocycles. The molecule has 1 fully saturated rings. The second kappa shape index (κ2) is 8.03. The smallest absolute Gasteiger partial charge is 0.142 e. The number of hydrogen-bond acceptors (Lipinski definition) is 4. The Morgan fingerprint density at radius 3 is 2.66 bits per heavy atom. The van der Waals surface area contributed by atoms with Crippen molar-refractivity contribution in [1.29, 1.82) is 0 Å². The van der Waals surface area contributed by atoms with Crippen LogP contribution < -0.4 is 0 Å². The number of aromatic nitrogens is 3. The van der Waals surface area contributed by atoms with Crippen LogP contribution in [0.5, 0.6) is 0 Å². The van der Waals surface area contributed by atoms with Crippen LogP contribution in [0.15, 0.2) is 42.9 Å². The number of H-pyrrole nitrogens is 1. The first kappa shape index (κ1) is 19.7. The molecule has 3 aromatic rings. The number of hydrogen-bond donors (Lipinski definition) is 1. The number of piperidine rings is 1. The minimum Gasteiger partial charge on any atom is -0.300 e. The Morgan fingerprint density at radius 1 is 1.17 bits per heavy atom. The SMILES string of the molecule is CC(C)(F)CN1CCC(C(=O)Cc2cc3cc(-c4cn[nH]c4)ccc3cn2)CC1. The molecule has 1 aromatic carbocycles. The van der Waals surface area contributed by atoms with Gasteiger partial charge < -0.3 is 4.90 Å². The second-order valence-corrected chi connectivity index (χ2v) is 8.64. The molecule has 6 heteroatoms. The Kier molecular flexibility index (Phi) is 5.46. The van der Waals surface area contributed by atoms with Crippen LogP contribution in [0.1, 0.15) is 32.4 Å². The van der Waals surface area contributed by atoms with Crippen molar-refractivity contribution in [1.82, 2.24) is 20.1 Å². The van der Waals surface area contributed by atoms with Crippen LogP contribution in [0.4, 0.5) is 4.39 Å². The summed E-state index contributed by atoms with van der Waals surface area (Å²) in [7, 11) is 0. The monoisotopic (exact) mass is 394 g/mol. The molecule has 152 valence electrons. The van der Waals surface area contributed by atoms with Crippen molar-refractivity contribution in [3.05, 3.63) is 48.5 Å². The molecule has 1 aliphatic heterocycles. The van der Waals surface area contributed by atoms with Gasteiger partial charge in [-0.3, -0.25) is 14.9 Å². The molecule has 1 aliphatic rings. The molecule has 1 saturated heterocycles. The quantitative estimate of drug-likeness (QED) is 0.681. The number of carbonyl (C=O) groups excluding carboxylic acids is 1. The number of ketones is 1. The number of Topliss-reactive ketones (excluding diaryl/α,β-unsaturated/α-hetero) is 1. The number of rotatable bonds is 6. The molecule has 5 nitrogen and oxygen atoms in total. The van der Waals surface area contributed by atoms with Crippen molar-refractivity contribution in [2.24, 2.45) is 5.92 Å². The van der Waals surface area contributed by atoms with E-state index in [4.69, 9.17) is 0 Å². The Balaban J connectivity index is 1.42. The van der Waals surface area contributed by atoms with E-state index in [1.807, 2.05) is 30.6 Å². The molecule has 0 atom stereocenters. The molecule has 4 rings (SSSR count). The van der Waals surface area contributed by atoms with E-state index in [9.17, 15) is 9.18 Å². The lowest BCUT2D eigenvalue weighted by Gasteiger charge is -2.33. The molecule has 0 radical (unpaired) electrons. The maximum absolute atomic E-state index is 13.8. The number of alkyl halides is 1. The van der Waals surface area contributed by atoms with E-state index in [0.29, 0.717) is 13.0 Å². The fourth-order valence-corrected chi connectivity index (χ4v) is 4.14. The number of fused-ring (bicyclic) bond motifs is 1. The van der Waals surface area contributed by atoms with Crippen LogP contribution in [-0.4, -0.2) is 51.2 Å². The third-order valence-electron chi connectivity index (χ3n) is 5.61. The summed E-state index contributed by atoms with van der Waals surface area (Å²) >= 11 is 0. The number of aromatic amines is 1. The summed E-state index contributed by atoms with van der Waals surface area (Å²) < 4.78 is 13.8. The first-order chi connectivity index (χ1) is 13.9. The number of benzene rings is 1. The van der Waals surface area contributed by atoms with Crippen molar-refractivity contribution in [3.63, 3.8) is 0 Å². The largest absolute Gasteiger partial charge is 0.300 e. The molecule has 2 aromatic heterocycles. The number of halogens is 1. The van der Waals surface area contributed by atoms with Gasteiger partial charge in [-0.1, -0.05) is 12.1 Å². The van der Waals surface area contributed by atoms with Crippen molar-refractivity contribution < 1.29 is 9.18 Å². The summed E-state index contributed by atoms with van der Waals surface area (Å²) in [5.74, 6) is 0.283. The van der Waals surface area contributed by atoms with E-state index in [-0.39, 0.29) is 11.7 Å². The predicted molar refractivity (Wildman–Crippen MR) is 112 cm³/mol. The third-order valence-corrected chi connectivity index (χ3v) is 5.61. The van der Waals surface area contributed by atoms with E-state index < -0.39 is 5.67 Å². The molecular weight excluding hydrogens is 367 g/mol. The van der Waals surface area contributed by atoms with Gasteiger partial charge in [0.25, 0.3) is 0 Å². The van der Waals surface area contributed by atoms with E-state index >= 15 is 0 Å². The topological polar surface area (TPSA) is 61.9 Å². The highest BCUT2D eigenvalue weighted by atomic mass is 19.1. The molecule has 0 saturated carbocycles. The highest BCUT2D eigenvalue weighted by Gasteiger charge is 2.28. The zero-order chi connectivity index (χ0) is 20.4. The van der Waals surface area contributed by atoms with E-state index in [0.717, 1.165) is 53.5 Å². The Morgan fingerprint density at radius 2 is 1.97 bits per heavy atom. The van der Waals surface area contributed by atoms with Crippen LogP contribution in [0.3, 0.4) is 0 Å². The van der Waals surface area contributed by atoms with Crippen molar-refractivity contribution in [3.8, 4) is 11.1 Å². The zero-order valence-electron chi connectivity index (χ0n) is 17.0. The lowest BCUT2D eigenvalue weighted by atomic mass is 9.89. The molecule has 0 bridgehead atoms. The Labute approximate surface area is 170 Å². The van der Waals surface area contributed by atoms with Crippen LogP contribution in [0, 0.1) is 5.92 Å². The number of carbonyl (C=O) groups is 1. The van der Waals surface area contributed by atoms with Gasteiger partial charge in [0.15, 0.2) is 0 Å². The molecule has 1 N–H and O–H groups in total. The number of likely N-dealkylation sites (tertiary alicyclic amines) is 1. The van der Waals surface area contributed by atoms with Gasteiger partial charge in [0.1, 0.15) is 11.5 Å². The lowest BCUT2D eigenvalue weighted by molar-refractivity contribution is -0.123. The van der Waals surface area contributed by atoms with Gasteiger partial charge in [0, 0.05) is 47.9 Å². The Bertz CT molecular complexity index is 986. The zero-order valence-corrected chi connectivity index (χ0v) is 17.0. The fourth-order valence-electron chi connectivity index (χ4n) is 4.14. The second-order valence-electron chi connectivity index (χ2n) is 8.64. The number of nitrogens with zero attached hydrogens (tertiary/aromatic N) is 3. The van der Waals surface area contributed by atoms with Gasteiger partial charge in [0.2, 0.25) is 0 Å². The fraction of sp³-hybridized carbons (Fsp3) is 0.435. The van der Waals surface area contributed by atoms with Crippen LogP contribution in [-0.2, 0) is 11.2 Å². The molecule has 0 amide bonds. The van der Waals surface area contributed by atoms with Gasteiger partial charge in [-0.05, 0) is 62.9 Å². The van der Waals surface area contributed by atoms with Crippen LogP contribution in [0.2, 0.25) is 0 Å². The Hall–Kier alpha value is -2.60. The minimum absolute atomic E-state index is 0.0451. The standard InChI is InChI=1S/C23H27FN4O/c1-23(2,24)15-28-7-5-16(6-8-28)22(29)11-21-10-19-9-17(20-13-26-27-14-20)3-4-18(19)12-25-21/h3-4,9-10,12-14,16H,5-8,11,15H2,1-2H3,(H,26,27). The third kappa shape index (κ3) is 4.88. The van der Waals surface area contributed by atoms with E-state index in [1.54, 1.807) is 20.0 Å². The summed E-state index contributed by atoms with van der Waals surface area (Å²) in [6.45, 7) is 5.20. The highest BCUT2D eigenvalue weighted by molar-refractivity contribution is 5.88. The van der Waals surface area contributed by atoms with Crippen LogP contribution >= 0.6 is 0 Å². The summed E-state index contributed by atoms with van der Waals surface area (Å²) in [5, 5.41) is 8.96.